The molecule has 17 heavy (non-hydrogen) atoms. The number of aryl methyl sites for hydroxylation is 2. The molecule has 0 unspecified atom stereocenters. The lowest BCUT2D eigenvalue weighted by atomic mass is 10.1. The first-order chi connectivity index (χ1) is 8.19. The number of hydrogen-bond donors (Lipinski definition) is 2. The molecule has 0 fully saturated rings. The maximum atomic E-state index is 5.96. The first-order valence-corrected chi connectivity index (χ1v) is 5.91. The van der Waals surface area contributed by atoms with Crippen molar-refractivity contribution in [2.45, 2.75) is 20.3 Å². The summed E-state index contributed by atoms with van der Waals surface area (Å²) in [7, 11) is 0. The van der Waals surface area contributed by atoms with E-state index < -0.39 is 0 Å². The minimum Gasteiger partial charge on any atom is -0.397 e. The van der Waals surface area contributed by atoms with E-state index in [1.54, 1.807) is 0 Å². The van der Waals surface area contributed by atoms with Crippen LogP contribution in [0.5, 0.6) is 0 Å². The van der Waals surface area contributed by atoms with Gasteiger partial charge in [-0.25, -0.2) is 0 Å². The summed E-state index contributed by atoms with van der Waals surface area (Å²) in [5, 5.41) is 3.33. The zero-order valence-electron chi connectivity index (χ0n) is 10.3. The van der Waals surface area contributed by atoms with Crippen LogP contribution in [-0.2, 0) is 6.42 Å². The summed E-state index contributed by atoms with van der Waals surface area (Å²) < 4.78 is 0. The van der Waals surface area contributed by atoms with Crippen LogP contribution in [0.15, 0.2) is 42.5 Å². The molecule has 0 aliphatic carbocycles. The average molecular weight is 226 g/mol. The molecule has 0 radical (unpaired) electrons. The van der Waals surface area contributed by atoms with Crippen molar-refractivity contribution in [3.8, 4) is 0 Å². The van der Waals surface area contributed by atoms with E-state index in [-0.39, 0.29) is 0 Å². The number of anilines is 3. The zero-order valence-corrected chi connectivity index (χ0v) is 10.3. The number of benzene rings is 2. The molecule has 2 heteroatoms. The number of hydrogen-bond acceptors (Lipinski definition) is 2. The summed E-state index contributed by atoms with van der Waals surface area (Å²) in [5.41, 5.74) is 11.3. The van der Waals surface area contributed by atoms with Crippen LogP contribution >= 0.6 is 0 Å². The van der Waals surface area contributed by atoms with Crippen LogP contribution in [0.1, 0.15) is 18.1 Å². The molecule has 0 atom stereocenters. The van der Waals surface area contributed by atoms with Crippen LogP contribution in [0.4, 0.5) is 17.1 Å². The third kappa shape index (κ3) is 2.78. The molecular weight excluding hydrogens is 208 g/mol. The molecule has 0 aliphatic heterocycles. The summed E-state index contributed by atoms with van der Waals surface area (Å²) in [6.45, 7) is 4.19. The summed E-state index contributed by atoms with van der Waals surface area (Å²) in [6.07, 6.45) is 1.06. The van der Waals surface area contributed by atoms with E-state index in [0.717, 1.165) is 23.5 Å². The highest BCUT2D eigenvalue weighted by Crippen LogP contribution is 2.24. The predicted octanol–water partition coefficient (Wildman–Crippen LogP) is 3.88. The Balaban J connectivity index is 2.19. The second-order valence-electron chi connectivity index (χ2n) is 4.27. The van der Waals surface area contributed by atoms with Gasteiger partial charge in [-0.15, -0.1) is 0 Å². The van der Waals surface area contributed by atoms with Gasteiger partial charge in [0.2, 0.25) is 0 Å². The van der Waals surface area contributed by atoms with E-state index in [4.69, 9.17) is 5.73 Å². The molecule has 2 aromatic rings. The average Bonchev–Trinajstić information content (AvgIpc) is 2.34. The lowest BCUT2D eigenvalue weighted by Gasteiger charge is -2.10. The fraction of sp³-hybridized carbons (Fsp3) is 0.200. The van der Waals surface area contributed by atoms with E-state index in [2.05, 4.69) is 42.6 Å². The molecule has 0 aromatic heterocycles. The molecule has 0 amide bonds. The molecule has 88 valence electrons. The molecule has 0 aliphatic rings. The summed E-state index contributed by atoms with van der Waals surface area (Å²) in [5.74, 6) is 0. The van der Waals surface area contributed by atoms with E-state index in [0.29, 0.717) is 0 Å². The Bertz CT molecular complexity index is 501. The first-order valence-electron chi connectivity index (χ1n) is 5.91. The fourth-order valence-corrected chi connectivity index (χ4v) is 1.78. The summed E-state index contributed by atoms with van der Waals surface area (Å²) in [6, 6.07) is 14.5. The van der Waals surface area contributed by atoms with E-state index >= 15 is 0 Å². The van der Waals surface area contributed by atoms with Crippen molar-refractivity contribution in [3.63, 3.8) is 0 Å². The van der Waals surface area contributed by atoms with Crippen molar-refractivity contribution in [2.24, 2.45) is 0 Å². The van der Waals surface area contributed by atoms with Crippen molar-refractivity contribution in [1.29, 1.82) is 0 Å². The second-order valence-corrected chi connectivity index (χ2v) is 4.27. The minimum absolute atomic E-state index is 0.782. The number of nitrogens with one attached hydrogen (secondary N) is 1. The lowest BCUT2D eigenvalue weighted by molar-refractivity contribution is 1.14. The Morgan fingerprint density at radius 2 is 1.76 bits per heavy atom. The second kappa shape index (κ2) is 4.91. The number of nitrogens with two attached hydrogens (primary N) is 1. The summed E-state index contributed by atoms with van der Waals surface area (Å²) >= 11 is 0. The molecule has 2 aromatic carbocycles. The normalized spacial score (nSPS) is 10.2. The van der Waals surface area contributed by atoms with Crippen molar-refractivity contribution >= 4 is 17.1 Å². The third-order valence-corrected chi connectivity index (χ3v) is 2.85. The molecule has 0 saturated heterocycles. The Kier molecular flexibility index (Phi) is 3.33. The summed E-state index contributed by atoms with van der Waals surface area (Å²) in [4.78, 5) is 0. The van der Waals surface area contributed by atoms with E-state index in [1.165, 1.54) is 11.1 Å². The van der Waals surface area contributed by atoms with Crippen LogP contribution in [-0.4, -0.2) is 0 Å². The van der Waals surface area contributed by atoms with Gasteiger partial charge in [-0.05, 0) is 48.7 Å². The molecule has 0 saturated carbocycles. The van der Waals surface area contributed by atoms with Crippen LogP contribution in [0, 0.1) is 6.92 Å². The number of nitrogen functional groups attached to an aromatic ring is 1. The third-order valence-electron chi connectivity index (χ3n) is 2.85. The molecule has 2 nitrogen and oxygen atoms in total. The Morgan fingerprint density at radius 1 is 1.06 bits per heavy atom. The molecular formula is C15H18N2. The minimum atomic E-state index is 0.782. The van der Waals surface area contributed by atoms with Gasteiger partial charge in [-0.1, -0.05) is 25.1 Å². The van der Waals surface area contributed by atoms with E-state index in [9.17, 15) is 0 Å². The molecule has 2 rings (SSSR count). The van der Waals surface area contributed by atoms with Crippen LogP contribution in [0.3, 0.4) is 0 Å². The maximum absolute atomic E-state index is 5.96. The molecule has 0 heterocycles. The van der Waals surface area contributed by atoms with Gasteiger partial charge in [0, 0.05) is 5.69 Å². The zero-order chi connectivity index (χ0) is 12.3. The van der Waals surface area contributed by atoms with Gasteiger partial charge in [0.15, 0.2) is 0 Å². The fourth-order valence-electron chi connectivity index (χ4n) is 1.78. The van der Waals surface area contributed by atoms with Gasteiger partial charge in [0.25, 0.3) is 0 Å². The smallest absolute Gasteiger partial charge is 0.0618 e. The van der Waals surface area contributed by atoms with Gasteiger partial charge < -0.3 is 11.1 Å². The van der Waals surface area contributed by atoms with Gasteiger partial charge in [-0.2, -0.15) is 0 Å². The standard InChI is InChI=1S/C15H18N2/c1-3-12-5-7-13(8-6-12)17-15-9-4-11(2)10-14(15)16/h4-10,17H,3,16H2,1-2H3. The highest BCUT2D eigenvalue weighted by molar-refractivity contribution is 5.73. The molecule has 0 spiro atoms. The van der Waals surface area contributed by atoms with Gasteiger partial charge in [-0.3, -0.25) is 0 Å². The monoisotopic (exact) mass is 226 g/mol. The SMILES string of the molecule is CCc1ccc(Nc2ccc(C)cc2N)cc1. The largest absolute Gasteiger partial charge is 0.397 e. The first kappa shape index (κ1) is 11.5. The lowest BCUT2D eigenvalue weighted by Crippen LogP contribution is -1.96. The number of rotatable bonds is 3. The maximum Gasteiger partial charge on any atom is 0.0618 e. The van der Waals surface area contributed by atoms with Crippen molar-refractivity contribution in [2.75, 3.05) is 11.1 Å². The highest BCUT2D eigenvalue weighted by Gasteiger charge is 1.99. The van der Waals surface area contributed by atoms with Gasteiger partial charge in [0.05, 0.1) is 11.4 Å². The Labute approximate surface area is 102 Å². The van der Waals surface area contributed by atoms with Crippen molar-refractivity contribution < 1.29 is 0 Å². The quantitative estimate of drug-likeness (QED) is 0.779. The van der Waals surface area contributed by atoms with Gasteiger partial charge in [0.1, 0.15) is 0 Å². The van der Waals surface area contributed by atoms with E-state index in [1.807, 2.05) is 19.1 Å². The van der Waals surface area contributed by atoms with Crippen LogP contribution in [0.25, 0.3) is 0 Å². The Hall–Kier alpha value is -1.96. The predicted molar refractivity (Wildman–Crippen MR) is 74.7 cm³/mol. The van der Waals surface area contributed by atoms with Gasteiger partial charge >= 0.3 is 0 Å². The van der Waals surface area contributed by atoms with Crippen molar-refractivity contribution in [3.05, 3.63) is 53.6 Å². The van der Waals surface area contributed by atoms with Crippen LogP contribution in [0.2, 0.25) is 0 Å². The van der Waals surface area contributed by atoms with Crippen molar-refractivity contribution in [1.82, 2.24) is 0 Å². The Morgan fingerprint density at radius 3 is 2.35 bits per heavy atom. The highest BCUT2D eigenvalue weighted by atomic mass is 14.9. The molecule has 3 N–H and O–H groups in total. The topological polar surface area (TPSA) is 38.0 Å². The van der Waals surface area contributed by atoms with Crippen LogP contribution < -0.4 is 11.1 Å². The molecule has 0 bridgehead atoms.